The van der Waals surface area contributed by atoms with Gasteiger partial charge in [0, 0.05) is 18.3 Å². The number of rotatable bonds is 4. The molecule has 3 nitrogen and oxygen atoms in total. The van der Waals surface area contributed by atoms with Gasteiger partial charge in [0.15, 0.2) is 0 Å². The van der Waals surface area contributed by atoms with E-state index >= 15 is 0 Å². The lowest BCUT2D eigenvalue weighted by molar-refractivity contribution is 0.315. The first kappa shape index (κ1) is 13.8. The van der Waals surface area contributed by atoms with E-state index in [1.807, 2.05) is 36.4 Å². The smallest absolute Gasteiger partial charge is 0.261 e. The van der Waals surface area contributed by atoms with Crippen LogP contribution in [0.1, 0.15) is 5.69 Å². The second-order valence-electron chi connectivity index (χ2n) is 3.81. The molecule has 1 heterocycles. The summed E-state index contributed by atoms with van der Waals surface area (Å²) in [4.78, 5) is 4.21. The molecule has 0 saturated carbocycles. The van der Waals surface area contributed by atoms with Crippen molar-refractivity contribution in [2.24, 2.45) is 0 Å². The van der Waals surface area contributed by atoms with Gasteiger partial charge in [-0.05, 0) is 36.5 Å². The summed E-state index contributed by atoms with van der Waals surface area (Å²) in [7, 11) is 0. The molecule has 2 rings (SSSR count). The fourth-order valence-electron chi connectivity index (χ4n) is 1.50. The number of aromatic nitrogens is 1. The van der Waals surface area contributed by atoms with Crippen molar-refractivity contribution >= 4 is 34.7 Å². The van der Waals surface area contributed by atoms with E-state index in [1.54, 1.807) is 12.3 Å². The number of benzene rings is 1. The van der Waals surface area contributed by atoms with Crippen molar-refractivity contribution in [2.45, 2.75) is 6.42 Å². The van der Waals surface area contributed by atoms with Gasteiger partial charge in [0.05, 0.1) is 17.3 Å². The summed E-state index contributed by atoms with van der Waals surface area (Å²) in [6.07, 6.45) is 2.47. The van der Waals surface area contributed by atoms with Gasteiger partial charge in [0.1, 0.15) is 0 Å². The summed E-state index contributed by atoms with van der Waals surface area (Å²) >= 11 is 11.1. The number of pyridine rings is 1. The Hall–Kier alpha value is -1.65. The van der Waals surface area contributed by atoms with Crippen LogP contribution in [-0.2, 0) is 11.2 Å². The average Bonchev–Trinajstić information content (AvgIpc) is 2.43. The molecular formula is C14H13ClN2OS. The molecule has 0 spiro atoms. The number of halogens is 1. The second kappa shape index (κ2) is 7.07. The first-order valence-corrected chi connectivity index (χ1v) is 6.62. The summed E-state index contributed by atoms with van der Waals surface area (Å²) in [6.45, 7) is 0.479. The van der Waals surface area contributed by atoms with Crippen molar-refractivity contribution in [2.75, 3.05) is 11.9 Å². The Labute approximate surface area is 122 Å². The molecule has 1 aromatic carbocycles. The number of hydrogen-bond acceptors (Lipinski definition) is 3. The van der Waals surface area contributed by atoms with Crippen molar-refractivity contribution in [3.63, 3.8) is 0 Å². The van der Waals surface area contributed by atoms with Crippen molar-refractivity contribution in [3.05, 3.63) is 59.4 Å². The molecule has 0 unspecified atom stereocenters. The summed E-state index contributed by atoms with van der Waals surface area (Å²) in [6, 6.07) is 13.2. The van der Waals surface area contributed by atoms with E-state index in [0.29, 0.717) is 23.2 Å². The zero-order valence-electron chi connectivity index (χ0n) is 10.2. The third-order valence-electron chi connectivity index (χ3n) is 2.43. The third-order valence-corrected chi connectivity index (χ3v) is 2.98. The van der Waals surface area contributed by atoms with Gasteiger partial charge >= 0.3 is 0 Å². The van der Waals surface area contributed by atoms with Gasteiger partial charge < -0.3 is 10.1 Å². The van der Waals surface area contributed by atoms with E-state index in [0.717, 1.165) is 11.4 Å². The molecule has 0 atom stereocenters. The zero-order valence-corrected chi connectivity index (χ0v) is 11.7. The summed E-state index contributed by atoms with van der Waals surface area (Å²) in [5.74, 6) is 0. The SMILES string of the molecule is S=C(Nc1ccccc1Cl)OCCc1ccccn1. The molecule has 0 bridgehead atoms. The number of anilines is 1. The quantitative estimate of drug-likeness (QED) is 0.872. The molecule has 98 valence electrons. The molecule has 0 aliphatic rings. The Morgan fingerprint density at radius 1 is 1.21 bits per heavy atom. The Balaban J connectivity index is 1.78. The lowest BCUT2D eigenvalue weighted by Gasteiger charge is -2.10. The summed E-state index contributed by atoms with van der Waals surface area (Å²) in [5, 5.41) is 3.87. The molecule has 19 heavy (non-hydrogen) atoms. The van der Waals surface area contributed by atoms with Crippen LogP contribution in [0.2, 0.25) is 5.02 Å². The lowest BCUT2D eigenvalue weighted by atomic mass is 10.3. The van der Waals surface area contributed by atoms with E-state index in [2.05, 4.69) is 10.3 Å². The number of hydrogen-bond donors (Lipinski definition) is 1. The highest BCUT2D eigenvalue weighted by atomic mass is 35.5. The molecule has 1 N–H and O–H groups in total. The van der Waals surface area contributed by atoms with E-state index in [1.165, 1.54) is 0 Å². The average molecular weight is 293 g/mol. The molecule has 1 aromatic heterocycles. The molecule has 0 saturated heterocycles. The number of ether oxygens (including phenoxy) is 1. The first-order chi connectivity index (χ1) is 9.25. The Bertz CT molecular complexity index is 548. The summed E-state index contributed by atoms with van der Waals surface area (Å²) < 4.78 is 5.43. The predicted molar refractivity (Wildman–Crippen MR) is 81.6 cm³/mol. The Kier molecular flexibility index (Phi) is 5.12. The topological polar surface area (TPSA) is 34.1 Å². The van der Waals surface area contributed by atoms with Crippen LogP contribution >= 0.6 is 23.8 Å². The van der Waals surface area contributed by atoms with Crippen LogP contribution in [-0.4, -0.2) is 16.8 Å². The van der Waals surface area contributed by atoms with Crippen molar-refractivity contribution in [3.8, 4) is 0 Å². The van der Waals surface area contributed by atoms with Crippen LogP contribution < -0.4 is 5.32 Å². The van der Waals surface area contributed by atoms with Crippen molar-refractivity contribution in [1.29, 1.82) is 0 Å². The number of nitrogens with zero attached hydrogens (tertiary/aromatic N) is 1. The highest BCUT2D eigenvalue weighted by molar-refractivity contribution is 7.80. The highest BCUT2D eigenvalue weighted by Gasteiger charge is 2.02. The van der Waals surface area contributed by atoms with Gasteiger partial charge in [-0.3, -0.25) is 4.98 Å². The van der Waals surface area contributed by atoms with Gasteiger partial charge in [0.2, 0.25) is 0 Å². The molecule has 0 aliphatic carbocycles. The summed E-state index contributed by atoms with van der Waals surface area (Å²) in [5.41, 5.74) is 1.72. The lowest BCUT2D eigenvalue weighted by Crippen LogP contribution is -2.15. The van der Waals surface area contributed by atoms with Gasteiger partial charge in [0.25, 0.3) is 5.17 Å². The maximum Gasteiger partial charge on any atom is 0.261 e. The molecule has 0 fully saturated rings. The molecule has 5 heteroatoms. The van der Waals surface area contributed by atoms with Crippen LogP contribution in [0.3, 0.4) is 0 Å². The largest absolute Gasteiger partial charge is 0.470 e. The fourth-order valence-corrected chi connectivity index (χ4v) is 1.88. The van der Waals surface area contributed by atoms with E-state index in [-0.39, 0.29) is 0 Å². The van der Waals surface area contributed by atoms with Crippen LogP contribution in [0.15, 0.2) is 48.7 Å². The second-order valence-corrected chi connectivity index (χ2v) is 4.59. The Morgan fingerprint density at radius 2 is 2.00 bits per heavy atom. The van der Waals surface area contributed by atoms with E-state index in [9.17, 15) is 0 Å². The van der Waals surface area contributed by atoms with Crippen LogP contribution in [0, 0.1) is 0 Å². The first-order valence-electron chi connectivity index (χ1n) is 5.84. The minimum atomic E-state index is 0.309. The minimum Gasteiger partial charge on any atom is -0.470 e. The van der Waals surface area contributed by atoms with Crippen LogP contribution in [0.25, 0.3) is 0 Å². The predicted octanol–water partition coefficient (Wildman–Crippen LogP) is 3.69. The van der Waals surface area contributed by atoms with Gasteiger partial charge in [-0.25, -0.2) is 0 Å². The molecule has 0 aliphatic heterocycles. The molecule has 0 amide bonds. The molecule has 2 aromatic rings. The van der Waals surface area contributed by atoms with Crippen molar-refractivity contribution < 1.29 is 4.74 Å². The van der Waals surface area contributed by atoms with Crippen LogP contribution in [0.4, 0.5) is 5.69 Å². The molecular weight excluding hydrogens is 280 g/mol. The maximum absolute atomic E-state index is 6.01. The monoisotopic (exact) mass is 292 g/mol. The fraction of sp³-hybridized carbons (Fsp3) is 0.143. The van der Waals surface area contributed by atoms with Gasteiger partial charge in [-0.2, -0.15) is 0 Å². The van der Waals surface area contributed by atoms with Crippen molar-refractivity contribution in [1.82, 2.24) is 4.98 Å². The van der Waals surface area contributed by atoms with E-state index < -0.39 is 0 Å². The number of nitrogens with one attached hydrogen (secondary N) is 1. The molecule has 0 radical (unpaired) electrons. The van der Waals surface area contributed by atoms with Gasteiger partial charge in [-0.1, -0.05) is 29.8 Å². The minimum absolute atomic E-state index is 0.309. The Morgan fingerprint density at radius 3 is 2.74 bits per heavy atom. The highest BCUT2D eigenvalue weighted by Crippen LogP contribution is 2.20. The van der Waals surface area contributed by atoms with Crippen LogP contribution in [0.5, 0.6) is 0 Å². The normalized spacial score (nSPS) is 9.95. The number of para-hydroxylation sites is 1. The van der Waals surface area contributed by atoms with Gasteiger partial charge in [-0.15, -0.1) is 0 Å². The standard InChI is InChI=1S/C14H13ClN2OS/c15-12-6-1-2-7-13(12)17-14(19)18-10-8-11-5-3-4-9-16-11/h1-7,9H,8,10H2,(H,17,19). The number of thiocarbonyl (C=S) groups is 1. The maximum atomic E-state index is 6.01. The third kappa shape index (κ3) is 4.50. The van der Waals surface area contributed by atoms with E-state index in [4.69, 9.17) is 28.6 Å². The zero-order chi connectivity index (χ0) is 13.5.